The molecular weight excluding hydrogens is 423 g/mol. The largest absolute Gasteiger partial charge is 0.356 e. The summed E-state index contributed by atoms with van der Waals surface area (Å²) in [5, 5.41) is 3.15. The molecule has 0 spiro atoms. The summed E-state index contributed by atoms with van der Waals surface area (Å²) in [5.41, 5.74) is 3.53. The third kappa shape index (κ3) is 5.73. The summed E-state index contributed by atoms with van der Waals surface area (Å²) in [5.74, 6) is 0.173. The molecule has 28 heavy (non-hydrogen) atoms. The molecule has 1 aromatic carbocycles. The summed E-state index contributed by atoms with van der Waals surface area (Å²) < 4.78 is 14.0. The van der Waals surface area contributed by atoms with Crippen LogP contribution in [0.25, 0.3) is 0 Å². The van der Waals surface area contributed by atoms with Crippen molar-refractivity contribution < 1.29 is 4.39 Å². The molecule has 0 unspecified atom stereocenters. The van der Waals surface area contributed by atoms with E-state index in [0.717, 1.165) is 41.5 Å². The number of aromatic nitrogens is 3. The first-order chi connectivity index (χ1) is 13.5. The Labute approximate surface area is 171 Å². The topological polar surface area (TPSA) is 70.7 Å². The molecule has 3 aromatic rings. The molecule has 0 bridgehead atoms. The fourth-order valence-corrected chi connectivity index (χ4v) is 3.36. The van der Waals surface area contributed by atoms with E-state index < -0.39 is 0 Å². The molecule has 0 atom stereocenters. The maximum atomic E-state index is 13.0. The Hall–Kier alpha value is -2.54. The van der Waals surface area contributed by atoms with Gasteiger partial charge in [0, 0.05) is 41.1 Å². The maximum Gasteiger partial charge on any atom is 0.255 e. The number of H-pyrrole nitrogens is 1. The zero-order chi connectivity index (χ0) is 19.9. The van der Waals surface area contributed by atoms with Gasteiger partial charge in [-0.2, -0.15) is 0 Å². The van der Waals surface area contributed by atoms with Crippen molar-refractivity contribution >= 4 is 21.9 Å². The predicted molar refractivity (Wildman–Crippen MR) is 112 cm³/mol. The quantitative estimate of drug-likeness (QED) is 0.505. The smallest absolute Gasteiger partial charge is 0.255 e. The van der Waals surface area contributed by atoms with Crippen molar-refractivity contribution in [3.63, 3.8) is 0 Å². The summed E-state index contributed by atoms with van der Waals surface area (Å²) in [6.45, 7) is 2.78. The van der Waals surface area contributed by atoms with Crippen LogP contribution in [0.2, 0.25) is 0 Å². The average molecular weight is 445 g/mol. The van der Waals surface area contributed by atoms with E-state index in [2.05, 4.69) is 49.2 Å². The molecule has 2 N–H and O–H groups in total. The Balaban J connectivity index is 1.46. The van der Waals surface area contributed by atoms with E-state index in [9.17, 15) is 9.18 Å². The van der Waals surface area contributed by atoms with Gasteiger partial charge >= 0.3 is 0 Å². The van der Waals surface area contributed by atoms with Crippen LogP contribution in [0.3, 0.4) is 0 Å². The van der Waals surface area contributed by atoms with Crippen LogP contribution in [-0.2, 0) is 12.8 Å². The van der Waals surface area contributed by atoms with Crippen molar-refractivity contribution in [2.24, 2.45) is 0 Å². The van der Waals surface area contributed by atoms with Gasteiger partial charge in [0.05, 0.1) is 0 Å². The molecule has 146 valence electrons. The van der Waals surface area contributed by atoms with Crippen molar-refractivity contribution in [2.75, 3.05) is 11.9 Å². The molecule has 5 nitrogen and oxygen atoms in total. The second-order valence-electron chi connectivity index (χ2n) is 6.69. The minimum absolute atomic E-state index is 0.184. The van der Waals surface area contributed by atoms with Gasteiger partial charge < -0.3 is 5.32 Å². The number of unbranched alkanes of at least 4 members (excludes halogenated alkanes) is 1. The first-order valence-electron chi connectivity index (χ1n) is 9.19. The SMILES string of the molecule is Cc1cc(Br)cnc1CCCCNc1ncc(Cc2ccc(F)cc2)c(=O)[nH]1. The van der Waals surface area contributed by atoms with Crippen molar-refractivity contribution in [2.45, 2.75) is 32.6 Å². The van der Waals surface area contributed by atoms with Gasteiger partial charge in [-0.1, -0.05) is 12.1 Å². The molecule has 0 aliphatic carbocycles. The molecule has 7 heteroatoms. The highest BCUT2D eigenvalue weighted by atomic mass is 79.9. The van der Waals surface area contributed by atoms with Gasteiger partial charge in [-0.05, 0) is 71.4 Å². The molecule has 0 saturated carbocycles. The zero-order valence-electron chi connectivity index (χ0n) is 15.6. The minimum atomic E-state index is -0.290. The normalized spacial score (nSPS) is 10.8. The van der Waals surface area contributed by atoms with E-state index >= 15 is 0 Å². The average Bonchev–Trinajstić information content (AvgIpc) is 2.67. The van der Waals surface area contributed by atoms with Gasteiger partial charge in [0.1, 0.15) is 5.82 Å². The maximum absolute atomic E-state index is 13.0. The Bertz CT molecular complexity index is 988. The first-order valence-corrected chi connectivity index (χ1v) is 9.98. The number of hydrogen-bond donors (Lipinski definition) is 2. The van der Waals surface area contributed by atoms with Gasteiger partial charge in [-0.3, -0.25) is 14.8 Å². The van der Waals surface area contributed by atoms with Crippen LogP contribution in [0.1, 0.15) is 35.2 Å². The summed E-state index contributed by atoms with van der Waals surface area (Å²) in [6.07, 6.45) is 6.67. The number of nitrogens with one attached hydrogen (secondary N) is 2. The second kappa shape index (κ2) is 9.59. The fraction of sp³-hybridized carbons (Fsp3) is 0.286. The number of nitrogens with zero attached hydrogens (tertiary/aromatic N) is 2. The van der Waals surface area contributed by atoms with E-state index in [-0.39, 0.29) is 11.4 Å². The molecule has 2 aromatic heterocycles. The molecule has 0 aliphatic rings. The number of rotatable bonds is 8. The van der Waals surface area contributed by atoms with Gasteiger partial charge in [0.25, 0.3) is 5.56 Å². The van der Waals surface area contributed by atoms with Crippen molar-refractivity contribution in [3.05, 3.63) is 85.8 Å². The summed E-state index contributed by atoms with van der Waals surface area (Å²) >= 11 is 3.42. The minimum Gasteiger partial charge on any atom is -0.356 e. The molecule has 0 aliphatic heterocycles. The molecule has 0 radical (unpaired) electrons. The van der Waals surface area contributed by atoms with Gasteiger partial charge in [0.15, 0.2) is 0 Å². The molecule has 2 heterocycles. The van der Waals surface area contributed by atoms with Crippen molar-refractivity contribution in [1.29, 1.82) is 0 Å². The lowest BCUT2D eigenvalue weighted by Crippen LogP contribution is -2.17. The fourth-order valence-electron chi connectivity index (χ4n) is 2.91. The lowest BCUT2D eigenvalue weighted by Gasteiger charge is -2.08. The van der Waals surface area contributed by atoms with Crippen LogP contribution >= 0.6 is 15.9 Å². The van der Waals surface area contributed by atoms with E-state index in [4.69, 9.17) is 0 Å². The Morgan fingerprint density at radius 3 is 2.64 bits per heavy atom. The number of pyridine rings is 1. The molecule has 0 fully saturated rings. The summed E-state index contributed by atoms with van der Waals surface area (Å²) in [6, 6.07) is 8.19. The molecule has 3 rings (SSSR count). The number of benzene rings is 1. The monoisotopic (exact) mass is 444 g/mol. The van der Waals surface area contributed by atoms with Crippen LogP contribution in [0.15, 0.2) is 52.0 Å². The number of anilines is 1. The Morgan fingerprint density at radius 1 is 1.14 bits per heavy atom. The van der Waals surface area contributed by atoms with E-state index in [1.54, 1.807) is 18.3 Å². The summed E-state index contributed by atoms with van der Waals surface area (Å²) in [4.78, 5) is 23.7. The van der Waals surface area contributed by atoms with Gasteiger partial charge in [0.2, 0.25) is 5.95 Å². The molecular formula is C21H22BrFN4O. The number of hydrogen-bond acceptors (Lipinski definition) is 4. The molecule has 0 saturated heterocycles. The highest BCUT2D eigenvalue weighted by Gasteiger charge is 2.05. The first kappa shape index (κ1) is 20.2. The third-order valence-corrected chi connectivity index (χ3v) is 4.90. The van der Waals surface area contributed by atoms with Crippen molar-refractivity contribution in [3.8, 4) is 0 Å². The predicted octanol–water partition coefficient (Wildman–Crippen LogP) is 4.40. The van der Waals surface area contributed by atoms with E-state index in [0.29, 0.717) is 17.9 Å². The number of halogens is 2. The lowest BCUT2D eigenvalue weighted by atomic mass is 10.1. The van der Waals surface area contributed by atoms with Gasteiger partial charge in [-0.25, -0.2) is 9.37 Å². The lowest BCUT2D eigenvalue weighted by molar-refractivity contribution is 0.627. The Morgan fingerprint density at radius 2 is 1.93 bits per heavy atom. The summed E-state index contributed by atoms with van der Waals surface area (Å²) in [7, 11) is 0. The highest BCUT2D eigenvalue weighted by Crippen LogP contribution is 2.14. The van der Waals surface area contributed by atoms with Crippen molar-refractivity contribution in [1.82, 2.24) is 15.0 Å². The van der Waals surface area contributed by atoms with Crippen LogP contribution in [0.5, 0.6) is 0 Å². The second-order valence-corrected chi connectivity index (χ2v) is 7.61. The third-order valence-electron chi connectivity index (χ3n) is 4.47. The highest BCUT2D eigenvalue weighted by molar-refractivity contribution is 9.10. The van der Waals surface area contributed by atoms with Crippen LogP contribution < -0.4 is 10.9 Å². The zero-order valence-corrected chi connectivity index (χ0v) is 17.2. The van der Waals surface area contributed by atoms with E-state index in [1.807, 2.05) is 6.20 Å². The van der Waals surface area contributed by atoms with Crippen LogP contribution in [-0.4, -0.2) is 21.5 Å². The van der Waals surface area contributed by atoms with Crippen LogP contribution in [0, 0.1) is 12.7 Å². The standard InChI is InChI=1S/C21H22BrFN4O/c1-14-10-17(22)13-25-19(14)4-2-3-9-24-21-26-12-16(20(28)27-21)11-15-5-7-18(23)8-6-15/h5-8,10,12-13H,2-4,9,11H2,1H3,(H2,24,26,27,28). The number of aromatic amines is 1. The Kier molecular flexibility index (Phi) is 6.92. The number of aryl methyl sites for hydroxylation is 2. The molecule has 0 amide bonds. The van der Waals surface area contributed by atoms with Gasteiger partial charge in [-0.15, -0.1) is 0 Å². The van der Waals surface area contributed by atoms with Crippen LogP contribution in [0.4, 0.5) is 10.3 Å². The van der Waals surface area contributed by atoms with E-state index in [1.165, 1.54) is 17.7 Å².